The molecule has 0 aliphatic carbocycles. The van der Waals surface area contributed by atoms with Gasteiger partial charge in [-0.25, -0.2) is 4.79 Å². The molecule has 1 aromatic carbocycles. The number of hydrogen-bond donors (Lipinski definition) is 0. The fourth-order valence-electron chi connectivity index (χ4n) is 3.02. The lowest BCUT2D eigenvalue weighted by atomic mass is 10.1. The first kappa shape index (κ1) is 18.6. The molecule has 0 bridgehead atoms. The maximum absolute atomic E-state index is 12.6. The average Bonchev–Trinajstić information content (AvgIpc) is 3.17. The van der Waals surface area contributed by atoms with Crippen molar-refractivity contribution < 1.29 is 18.8 Å². The van der Waals surface area contributed by atoms with Gasteiger partial charge in [-0.2, -0.15) is 0 Å². The van der Waals surface area contributed by atoms with Crippen molar-refractivity contribution in [1.82, 2.24) is 9.72 Å². The zero-order valence-corrected chi connectivity index (χ0v) is 16.1. The van der Waals surface area contributed by atoms with Crippen LogP contribution in [0.1, 0.15) is 49.0 Å². The standard InChI is InChI=1S/C21H22N2O4/c1-12-6-7-17(8-13(12)2)21(25)26-11-19(24)18-9-14(3)23(16(18)5)20-10-15(4)27-22-20/h6-10H,11H2,1-5H3. The molecule has 6 heteroatoms. The number of ketones is 1. The zero-order chi connectivity index (χ0) is 19.7. The molecule has 27 heavy (non-hydrogen) atoms. The van der Waals surface area contributed by atoms with Crippen LogP contribution in [0.4, 0.5) is 0 Å². The Balaban J connectivity index is 1.75. The molecule has 0 N–H and O–H groups in total. The monoisotopic (exact) mass is 366 g/mol. The summed E-state index contributed by atoms with van der Waals surface area (Å²) in [6.45, 7) is 9.11. The highest BCUT2D eigenvalue weighted by molar-refractivity contribution is 6.00. The highest BCUT2D eigenvalue weighted by Gasteiger charge is 2.20. The summed E-state index contributed by atoms with van der Waals surface area (Å²) in [5, 5.41) is 4.00. The predicted molar refractivity (Wildman–Crippen MR) is 101 cm³/mol. The quantitative estimate of drug-likeness (QED) is 0.503. The molecule has 6 nitrogen and oxygen atoms in total. The predicted octanol–water partition coefficient (Wildman–Crippen LogP) is 4.05. The summed E-state index contributed by atoms with van der Waals surface area (Å²) in [5.41, 5.74) is 4.62. The molecule has 0 saturated carbocycles. The molecule has 0 fully saturated rings. The van der Waals surface area contributed by atoms with Crippen molar-refractivity contribution in [2.45, 2.75) is 34.6 Å². The highest BCUT2D eigenvalue weighted by Crippen LogP contribution is 2.21. The van der Waals surface area contributed by atoms with Crippen LogP contribution in [0.3, 0.4) is 0 Å². The summed E-state index contributed by atoms with van der Waals surface area (Å²) in [4.78, 5) is 24.8. The van der Waals surface area contributed by atoms with Crippen LogP contribution in [-0.4, -0.2) is 28.1 Å². The lowest BCUT2D eigenvalue weighted by molar-refractivity contribution is 0.0474. The molecule has 0 radical (unpaired) electrons. The lowest BCUT2D eigenvalue weighted by Gasteiger charge is -2.07. The van der Waals surface area contributed by atoms with Crippen LogP contribution in [0.2, 0.25) is 0 Å². The highest BCUT2D eigenvalue weighted by atomic mass is 16.5. The first-order chi connectivity index (χ1) is 12.8. The molecule has 2 aromatic heterocycles. The number of aryl methyl sites for hydroxylation is 4. The summed E-state index contributed by atoms with van der Waals surface area (Å²) in [7, 11) is 0. The van der Waals surface area contributed by atoms with E-state index >= 15 is 0 Å². The van der Waals surface area contributed by atoms with Crippen molar-refractivity contribution in [3.05, 3.63) is 69.7 Å². The summed E-state index contributed by atoms with van der Waals surface area (Å²) in [5.74, 6) is 0.542. The van der Waals surface area contributed by atoms with Crippen LogP contribution in [-0.2, 0) is 4.74 Å². The van der Waals surface area contributed by atoms with E-state index in [0.717, 1.165) is 22.5 Å². The third-order valence-electron chi connectivity index (χ3n) is 4.65. The second-order valence-corrected chi connectivity index (χ2v) is 6.71. The molecule has 2 heterocycles. The van der Waals surface area contributed by atoms with Crippen LogP contribution < -0.4 is 0 Å². The van der Waals surface area contributed by atoms with Gasteiger partial charge in [0.25, 0.3) is 0 Å². The van der Waals surface area contributed by atoms with E-state index in [1.807, 2.05) is 45.3 Å². The number of hydrogen-bond acceptors (Lipinski definition) is 5. The first-order valence-electron chi connectivity index (χ1n) is 8.68. The van der Waals surface area contributed by atoms with Gasteiger partial charge in [-0.05, 0) is 63.9 Å². The number of carbonyl (C=O) groups excluding carboxylic acids is 2. The number of benzene rings is 1. The van der Waals surface area contributed by atoms with Crippen LogP contribution in [0.5, 0.6) is 0 Å². The maximum Gasteiger partial charge on any atom is 0.338 e. The molecule has 0 unspecified atom stereocenters. The fourth-order valence-corrected chi connectivity index (χ4v) is 3.02. The molecular formula is C21H22N2O4. The third-order valence-corrected chi connectivity index (χ3v) is 4.65. The van der Waals surface area contributed by atoms with E-state index < -0.39 is 5.97 Å². The van der Waals surface area contributed by atoms with E-state index in [1.165, 1.54) is 0 Å². The number of Topliss-reactive ketones (excluding diaryl/α,β-unsaturated/α-hetero) is 1. The number of rotatable bonds is 5. The Labute approximate surface area is 157 Å². The van der Waals surface area contributed by atoms with Crippen molar-refractivity contribution in [3.63, 3.8) is 0 Å². The van der Waals surface area contributed by atoms with Crippen LogP contribution >= 0.6 is 0 Å². The van der Waals surface area contributed by atoms with Crippen LogP contribution in [0.25, 0.3) is 5.82 Å². The third kappa shape index (κ3) is 3.69. The minimum absolute atomic E-state index is 0.258. The Kier molecular flexibility index (Phi) is 4.99. The van der Waals surface area contributed by atoms with Gasteiger partial charge in [-0.1, -0.05) is 11.2 Å². The summed E-state index contributed by atoms with van der Waals surface area (Å²) in [6, 6.07) is 8.90. The zero-order valence-electron chi connectivity index (χ0n) is 16.1. The van der Waals surface area contributed by atoms with Gasteiger partial charge >= 0.3 is 5.97 Å². The second kappa shape index (κ2) is 7.23. The Hall–Kier alpha value is -3.15. The number of carbonyl (C=O) groups is 2. The Morgan fingerprint density at radius 2 is 1.78 bits per heavy atom. The molecule has 3 aromatic rings. The number of esters is 1. The fraction of sp³-hybridized carbons (Fsp3) is 0.286. The van der Waals surface area contributed by atoms with Gasteiger partial charge < -0.3 is 9.26 Å². The van der Waals surface area contributed by atoms with Crippen LogP contribution in [0.15, 0.2) is 34.9 Å². The van der Waals surface area contributed by atoms with Crippen molar-refractivity contribution >= 4 is 11.8 Å². The molecule has 0 aliphatic heterocycles. The minimum atomic E-state index is -0.507. The second-order valence-electron chi connectivity index (χ2n) is 6.71. The molecule has 0 atom stereocenters. The Morgan fingerprint density at radius 3 is 2.41 bits per heavy atom. The van der Waals surface area contributed by atoms with E-state index in [2.05, 4.69) is 5.16 Å². The van der Waals surface area contributed by atoms with E-state index in [9.17, 15) is 9.59 Å². The lowest BCUT2D eigenvalue weighted by Crippen LogP contribution is -2.15. The van der Waals surface area contributed by atoms with Crippen molar-refractivity contribution in [3.8, 4) is 5.82 Å². The van der Waals surface area contributed by atoms with E-state index in [-0.39, 0.29) is 12.4 Å². The van der Waals surface area contributed by atoms with Crippen molar-refractivity contribution in [2.75, 3.05) is 6.61 Å². The van der Waals surface area contributed by atoms with Gasteiger partial charge in [-0.3, -0.25) is 9.36 Å². The first-order valence-corrected chi connectivity index (χ1v) is 8.68. The molecule has 140 valence electrons. The molecule has 3 rings (SSSR count). The maximum atomic E-state index is 12.6. The smallest absolute Gasteiger partial charge is 0.338 e. The number of nitrogens with zero attached hydrogens (tertiary/aromatic N) is 2. The Bertz CT molecular complexity index is 1030. The van der Waals surface area contributed by atoms with Crippen molar-refractivity contribution in [1.29, 1.82) is 0 Å². The van der Waals surface area contributed by atoms with E-state index in [4.69, 9.17) is 9.26 Å². The molecule has 0 spiro atoms. The van der Waals surface area contributed by atoms with Gasteiger partial charge in [0.1, 0.15) is 5.76 Å². The number of ether oxygens (including phenoxy) is 1. The SMILES string of the molecule is Cc1cc(-n2c(C)cc(C(=O)COC(=O)c3ccc(C)c(C)c3)c2C)no1. The summed E-state index contributed by atoms with van der Waals surface area (Å²) >= 11 is 0. The van der Waals surface area contributed by atoms with E-state index in [1.54, 1.807) is 24.3 Å². The Morgan fingerprint density at radius 1 is 1.04 bits per heavy atom. The topological polar surface area (TPSA) is 74.3 Å². The largest absolute Gasteiger partial charge is 0.454 e. The normalized spacial score (nSPS) is 10.9. The van der Waals surface area contributed by atoms with Gasteiger partial charge in [0.15, 0.2) is 12.4 Å². The van der Waals surface area contributed by atoms with Gasteiger partial charge in [0, 0.05) is 23.0 Å². The summed E-state index contributed by atoms with van der Waals surface area (Å²) < 4.78 is 12.2. The minimum Gasteiger partial charge on any atom is -0.454 e. The average molecular weight is 366 g/mol. The number of aromatic nitrogens is 2. The van der Waals surface area contributed by atoms with Crippen LogP contribution in [0, 0.1) is 34.6 Å². The molecule has 0 saturated heterocycles. The molecular weight excluding hydrogens is 344 g/mol. The van der Waals surface area contributed by atoms with Crippen molar-refractivity contribution in [2.24, 2.45) is 0 Å². The molecule has 0 aliphatic rings. The van der Waals surface area contributed by atoms with Gasteiger partial charge in [-0.15, -0.1) is 0 Å². The summed E-state index contributed by atoms with van der Waals surface area (Å²) in [6.07, 6.45) is 0. The molecule has 0 amide bonds. The van der Waals surface area contributed by atoms with Gasteiger partial charge in [0.05, 0.1) is 5.56 Å². The van der Waals surface area contributed by atoms with Gasteiger partial charge in [0.2, 0.25) is 5.78 Å². The van der Waals surface area contributed by atoms with E-state index in [0.29, 0.717) is 22.7 Å².